The Labute approximate surface area is 142 Å². The van der Waals surface area contributed by atoms with Gasteiger partial charge in [-0.15, -0.1) is 0 Å². The van der Waals surface area contributed by atoms with E-state index < -0.39 is 48.9 Å². The lowest BCUT2D eigenvalue weighted by Crippen LogP contribution is -2.53. The van der Waals surface area contributed by atoms with Gasteiger partial charge in [0.1, 0.15) is 30.6 Å². The van der Waals surface area contributed by atoms with Crippen LogP contribution >= 0.6 is 0 Å². The fourth-order valence-electron chi connectivity index (χ4n) is 2.56. The van der Waals surface area contributed by atoms with E-state index in [2.05, 4.69) is 15.0 Å². The first-order chi connectivity index (χ1) is 12.0. The summed E-state index contributed by atoms with van der Waals surface area (Å²) >= 11 is 0. The van der Waals surface area contributed by atoms with Crippen LogP contribution in [0.4, 0.5) is 0 Å². The highest BCUT2D eigenvalue weighted by Crippen LogP contribution is 2.28. The molecule has 0 aromatic rings. The second kappa shape index (κ2) is 8.85. The molecule has 1 saturated heterocycles. The van der Waals surface area contributed by atoms with E-state index in [1.165, 1.54) is 7.11 Å². The second-order valence-electron chi connectivity index (χ2n) is 5.36. The molecule has 0 spiro atoms. The van der Waals surface area contributed by atoms with Gasteiger partial charge in [0.25, 0.3) is 5.91 Å². The Bertz CT molecular complexity index is 579. The molecule has 2 heterocycles. The second-order valence-corrected chi connectivity index (χ2v) is 5.36. The summed E-state index contributed by atoms with van der Waals surface area (Å²) < 4.78 is 15.9. The van der Waals surface area contributed by atoms with Gasteiger partial charge in [0.05, 0.1) is 19.8 Å². The van der Waals surface area contributed by atoms with Gasteiger partial charge >= 0.3 is 0 Å². The van der Waals surface area contributed by atoms with Crippen LogP contribution < -0.4 is 0 Å². The van der Waals surface area contributed by atoms with Gasteiger partial charge < -0.3 is 24.4 Å². The fraction of sp³-hybridized carbons (Fsp3) is 0.769. The van der Waals surface area contributed by atoms with Crippen LogP contribution in [0.25, 0.3) is 10.4 Å². The minimum absolute atomic E-state index is 0.122. The van der Waals surface area contributed by atoms with E-state index in [9.17, 15) is 19.8 Å². The van der Waals surface area contributed by atoms with Crippen LogP contribution in [0, 0.1) is 5.92 Å². The molecular formula is C13H19N5O7. The molecule has 0 aliphatic carbocycles. The Morgan fingerprint density at radius 3 is 2.88 bits per heavy atom. The monoisotopic (exact) mass is 357 g/mol. The number of azide groups is 1. The molecule has 12 heteroatoms. The van der Waals surface area contributed by atoms with E-state index in [1.807, 2.05) is 0 Å². The minimum atomic E-state index is -1.27. The number of aliphatic imine (C=N–C) groups is 1. The molecule has 0 radical (unpaired) electrons. The van der Waals surface area contributed by atoms with E-state index in [4.69, 9.17) is 19.7 Å². The van der Waals surface area contributed by atoms with E-state index in [1.54, 1.807) is 0 Å². The Morgan fingerprint density at radius 2 is 2.24 bits per heavy atom. The SMILES string of the molecule is COCCOC1C(O)C(CO)OC1N1C=NC(=O)C(CN=[N+]=[N-])C1=O. The van der Waals surface area contributed by atoms with Crippen LogP contribution in [-0.2, 0) is 23.8 Å². The lowest BCUT2D eigenvalue weighted by molar-refractivity contribution is -0.153. The van der Waals surface area contributed by atoms with Gasteiger partial charge in [0, 0.05) is 18.6 Å². The minimum Gasteiger partial charge on any atom is -0.394 e. The van der Waals surface area contributed by atoms with Crippen molar-refractivity contribution in [2.45, 2.75) is 24.5 Å². The summed E-state index contributed by atoms with van der Waals surface area (Å²) in [4.78, 5) is 31.4. The van der Waals surface area contributed by atoms with Crippen LogP contribution in [0.3, 0.4) is 0 Å². The number of amides is 2. The smallest absolute Gasteiger partial charge is 0.259 e. The number of aliphatic hydroxyl groups is 2. The molecule has 0 aromatic carbocycles. The number of methoxy groups -OCH3 is 1. The van der Waals surface area contributed by atoms with Crippen molar-refractivity contribution in [2.75, 3.05) is 33.5 Å². The maximum atomic E-state index is 12.5. The van der Waals surface area contributed by atoms with Crippen LogP contribution in [-0.4, -0.2) is 91.3 Å². The maximum absolute atomic E-state index is 12.5. The van der Waals surface area contributed by atoms with Gasteiger partial charge in [-0.1, -0.05) is 5.11 Å². The molecule has 5 unspecified atom stereocenters. The lowest BCUT2D eigenvalue weighted by Gasteiger charge is -2.32. The maximum Gasteiger partial charge on any atom is 0.259 e. The predicted octanol–water partition coefficient (Wildman–Crippen LogP) is -1.58. The number of ether oxygens (including phenoxy) is 3. The average Bonchev–Trinajstić information content (AvgIpc) is 2.91. The predicted molar refractivity (Wildman–Crippen MR) is 81.2 cm³/mol. The third-order valence-electron chi connectivity index (χ3n) is 3.85. The highest BCUT2D eigenvalue weighted by Gasteiger charge is 2.50. The molecule has 0 aromatic heterocycles. The molecule has 2 aliphatic heterocycles. The van der Waals surface area contributed by atoms with Gasteiger partial charge in [-0.3, -0.25) is 14.5 Å². The number of nitrogens with zero attached hydrogens (tertiary/aromatic N) is 5. The number of carbonyl (C=O) groups excluding carboxylic acids is 2. The number of carbonyl (C=O) groups is 2. The molecule has 138 valence electrons. The fourth-order valence-corrected chi connectivity index (χ4v) is 2.56. The first-order valence-corrected chi connectivity index (χ1v) is 7.51. The summed E-state index contributed by atoms with van der Waals surface area (Å²) in [6.07, 6.45) is -3.24. The quantitative estimate of drug-likeness (QED) is 0.174. The molecule has 2 rings (SSSR count). The molecular weight excluding hydrogens is 338 g/mol. The van der Waals surface area contributed by atoms with Crippen LogP contribution in [0.5, 0.6) is 0 Å². The highest BCUT2D eigenvalue weighted by molar-refractivity contribution is 6.10. The van der Waals surface area contributed by atoms with E-state index >= 15 is 0 Å². The van der Waals surface area contributed by atoms with Crippen molar-refractivity contribution in [3.8, 4) is 0 Å². The number of aliphatic hydroxyl groups excluding tert-OH is 2. The number of rotatable bonds is 8. The van der Waals surface area contributed by atoms with Crippen molar-refractivity contribution in [2.24, 2.45) is 16.0 Å². The topological polar surface area (TPSA) is 167 Å². The van der Waals surface area contributed by atoms with E-state index in [-0.39, 0.29) is 19.8 Å². The van der Waals surface area contributed by atoms with Crippen molar-refractivity contribution in [3.05, 3.63) is 10.4 Å². The lowest BCUT2D eigenvalue weighted by atomic mass is 10.0. The van der Waals surface area contributed by atoms with Crippen molar-refractivity contribution in [3.63, 3.8) is 0 Å². The normalized spacial score (nSPS) is 32.1. The van der Waals surface area contributed by atoms with E-state index in [0.29, 0.717) is 0 Å². The van der Waals surface area contributed by atoms with Gasteiger partial charge in [-0.05, 0) is 5.53 Å². The van der Waals surface area contributed by atoms with Gasteiger partial charge in [0.15, 0.2) is 6.23 Å². The number of hydrogen-bond acceptors (Lipinski definition) is 8. The summed E-state index contributed by atoms with van der Waals surface area (Å²) in [6.45, 7) is -0.492. The molecule has 0 saturated carbocycles. The Hall–Kier alpha value is -2.08. The molecule has 2 amide bonds. The van der Waals surface area contributed by atoms with Crippen molar-refractivity contribution >= 4 is 18.2 Å². The van der Waals surface area contributed by atoms with Crippen LogP contribution in [0.15, 0.2) is 10.1 Å². The zero-order valence-corrected chi connectivity index (χ0v) is 13.5. The first kappa shape index (κ1) is 19.2. The Morgan fingerprint density at radius 1 is 1.48 bits per heavy atom. The Kier molecular flexibility index (Phi) is 6.82. The Balaban J connectivity index is 2.20. The zero-order valence-electron chi connectivity index (χ0n) is 13.5. The molecule has 2 N–H and O–H groups in total. The van der Waals surface area contributed by atoms with Crippen molar-refractivity contribution in [1.29, 1.82) is 0 Å². The van der Waals surface area contributed by atoms with E-state index in [0.717, 1.165) is 11.2 Å². The molecule has 12 nitrogen and oxygen atoms in total. The molecule has 2 aliphatic rings. The van der Waals surface area contributed by atoms with Gasteiger partial charge in [-0.25, -0.2) is 4.99 Å². The summed E-state index contributed by atoms with van der Waals surface area (Å²) in [5, 5.41) is 22.8. The average molecular weight is 357 g/mol. The van der Waals surface area contributed by atoms with Gasteiger partial charge in [0.2, 0.25) is 5.91 Å². The summed E-state index contributed by atoms with van der Waals surface area (Å²) in [5.74, 6) is -2.69. The zero-order chi connectivity index (χ0) is 18.4. The molecule has 0 bridgehead atoms. The van der Waals surface area contributed by atoms with Crippen molar-refractivity contribution in [1.82, 2.24) is 4.90 Å². The molecule has 1 fully saturated rings. The summed E-state index contributed by atoms with van der Waals surface area (Å²) in [5.41, 5.74) is 8.38. The summed E-state index contributed by atoms with van der Waals surface area (Å²) in [7, 11) is 1.48. The van der Waals surface area contributed by atoms with Crippen molar-refractivity contribution < 1.29 is 34.0 Å². The third-order valence-corrected chi connectivity index (χ3v) is 3.85. The first-order valence-electron chi connectivity index (χ1n) is 7.51. The van der Waals surface area contributed by atoms with Crippen LogP contribution in [0.2, 0.25) is 0 Å². The standard InChI is InChI=1S/C13H19N5O7/c1-23-2-3-24-10-9(20)8(5-19)25-13(10)18-6-15-11(21)7(12(18)22)4-16-17-14/h6-10,13,19-20H,2-5H2,1H3. The van der Waals surface area contributed by atoms with Crippen LogP contribution in [0.1, 0.15) is 0 Å². The molecule has 25 heavy (non-hydrogen) atoms. The largest absolute Gasteiger partial charge is 0.394 e. The number of hydrogen-bond donors (Lipinski definition) is 2. The summed E-state index contributed by atoms with van der Waals surface area (Å²) in [6, 6.07) is 0. The molecule has 5 atom stereocenters. The van der Waals surface area contributed by atoms with Gasteiger partial charge in [-0.2, -0.15) is 0 Å². The highest BCUT2D eigenvalue weighted by atomic mass is 16.6. The third kappa shape index (κ3) is 4.12.